The van der Waals surface area contributed by atoms with Crippen LogP contribution in [-0.4, -0.2) is 54.6 Å². The van der Waals surface area contributed by atoms with E-state index in [1.165, 1.54) is 5.56 Å². The Kier molecular flexibility index (Phi) is 9.18. The molecule has 0 spiro atoms. The second-order valence-corrected chi connectivity index (χ2v) is 8.98. The number of halogens is 1. The van der Waals surface area contributed by atoms with Crippen LogP contribution < -0.4 is 20.1 Å². The van der Waals surface area contributed by atoms with Gasteiger partial charge in [-0.25, -0.2) is 9.67 Å². The summed E-state index contributed by atoms with van der Waals surface area (Å²) >= 11 is 0. The van der Waals surface area contributed by atoms with Crippen LogP contribution in [0.1, 0.15) is 57.2 Å². The standard InChI is InChI=1S/C23H36N6O2.HI/c1-15(2)21-27-20-11-9-17(13-29(20)28-21)26-22(24-5)25-14-23(3,4)16-8-10-18(30-6)19(12-16)31-7;/h8,10,12,15,17H,9,11,13-14H2,1-7H3,(H2,24,25,26);1H. The molecule has 0 saturated carbocycles. The zero-order valence-electron chi connectivity index (χ0n) is 20.2. The molecule has 0 saturated heterocycles. The van der Waals surface area contributed by atoms with Gasteiger partial charge < -0.3 is 20.1 Å². The first kappa shape index (κ1) is 26.2. The van der Waals surface area contributed by atoms with E-state index in [1.807, 2.05) is 16.8 Å². The predicted octanol–water partition coefficient (Wildman–Crippen LogP) is 3.49. The average Bonchev–Trinajstić information content (AvgIpc) is 3.20. The van der Waals surface area contributed by atoms with Crippen LogP contribution in [-0.2, 0) is 18.4 Å². The molecule has 178 valence electrons. The summed E-state index contributed by atoms with van der Waals surface area (Å²) in [7, 11) is 5.11. The minimum Gasteiger partial charge on any atom is -0.493 e. The molecule has 1 atom stereocenters. The number of hydrogen-bond donors (Lipinski definition) is 2. The number of aromatic nitrogens is 3. The lowest BCUT2D eigenvalue weighted by molar-refractivity contribution is 0.353. The van der Waals surface area contributed by atoms with Crippen molar-refractivity contribution in [2.24, 2.45) is 4.99 Å². The summed E-state index contributed by atoms with van der Waals surface area (Å²) in [6, 6.07) is 6.34. The summed E-state index contributed by atoms with van der Waals surface area (Å²) in [4.78, 5) is 9.11. The van der Waals surface area contributed by atoms with Gasteiger partial charge in [0.15, 0.2) is 23.3 Å². The van der Waals surface area contributed by atoms with Crippen molar-refractivity contribution < 1.29 is 9.47 Å². The van der Waals surface area contributed by atoms with Crippen LogP contribution in [0.2, 0.25) is 0 Å². The Morgan fingerprint density at radius 3 is 2.59 bits per heavy atom. The number of guanidine groups is 1. The van der Waals surface area contributed by atoms with E-state index in [0.717, 1.165) is 55.0 Å². The number of nitrogens with one attached hydrogen (secondary N) is 2. The monoisotopic (exact) mass is 556 g/mol. The highest BCUT2D eigenvalue weighted by Crippen LogP contribution is 2.32. The van der Waals surface area contributed by atoms with E-state index in [9.17, 15) is 0 Å². The average molecular weight is 556 g/mol. The molecule has 1 aliphatic heterocycles. The topological polar surface area (TPSA) is 85.6 Å². The van der Waals surface area contributed by atoms with Gasteiger partial charge in [-0.05, 0) is 24.1 Å². The lowest BCUT2D eigenvalue weighted by Crippen LogP contribution is -2.49. The molecule has 2 N–H and O–H groups in total. The number of benzene rings is 1. The van der Waals surface area contributed by atoms with Crippen molar-refractivity contribution in [2.75, 3.05) is 27.8 Å². The van der Waals surface area contributed by atoms with Crippen LogP contribution in [0, 0.1) is 0 Å². The Bertz CT molecular complexity index is 925. The minimum atomic E-state index is -0.130. The molecule has 0 amide bonds. The first-order valence-electron chi connectivity index (χ1n) is 10.9. The van der Waals surface area contributed by atoms with Crippen LogP contribution in [0.25, 0.3) is 0 Å². The van der Waals surface area contributed by atoms with E-state index in [2.05, 4.69) is 59.5 Å². The Labute approximate surface area is 208 Å². The number of fused-ring (bicyclic) bond motifs is 1. The van der Waals surface area contributed by atoms with Gasteiger partial charge in [0.25, 0.3) is 0 Å². The second-order valence-electron chi connectivity index (χ2n) is 8.98. The molecule has 8 nitrogen and oxygen atoms in total. The molecule has 1 aliphatic rings. The molecule has 2 heterocycles. The molecule has 9 heteroatoms. The summed E-state index contributed by atoms with van der Waals surface area (Å²) in [5.74, 6) is 4.62. The second kappa shape index (κ2) is 11.2. The number of rotatable bonds is 7. The van der Waals surface area contributed by atoms with Gasteiger partial charge in [0.2, 0.25) is 0 Å². The van der Waals surface area contributed by atoms with E-state index < -0.39 is 0 Å². The summed E-state index contributed by atoms with van der Waals surface area (Å²) in [5, 5.41) is 11.7. The maximum absolute atomic E-state index is 5.47. The molecule has 3 rings (SSSR count). The smallest absolute Gasteiger partial charge is 0.191 e. The molecule has 0 fully saturated rings. The summed E-state index contributed by atoms with van der Waals surface area (Å²) in [6.07, 6.45) is 1.93. The lowest BCUT2D eigenvalue weighted by Gasteiger charge is -2.29. The highest BCUT2D eigenvalue weighted by Gasteiger charge is 2.25. The van der Waals surface area contributed by atoms with Crippen LogP contribution in [0.5, 0.6) is 11.5 Å². The fourth-order valence-corrected chi connectivity index (χ4v) is 3.74. The van der Waals surface area contributed by atoms with Crippen LogP contribution in [0.3, 0.4) is 0 Å². The summed E-state index contributed by atoms with van der Waals surface area (Å²) in [5.41, 5.74) is 1.04. The third-order valence-electron chi connectivity index (χ3n) is 5.82. The van der Waals surface area contributed by atoms with Crippen LogP contribution in [0.4, 0.5) is 0 Å². The highest BCUT2D eigenvalue weighted by atomic mass is 127. The Morgan fingerprint density at radius 2 is 1.97 bits per heavy atom. The molecular weight excluding hydrogens is 519 g/mol. The Balaban J connectivity index is 0.00000363. The molecule has 0 aliphatic carbocycles. The number of hydrogen-bond acceptors (Lipinski definition) is 5. The third-order valence-corrected chi connectivity index (χ3v) is 5.82. The van der Waals surface area contributed by atoms with Crippen LogP contribution in [0.15, 0.2) is 23.2 Å². The van der Waals surface area contributed by atoms with E-state index in [1.54, 1.807) is 21.3 Å². The maximum Gasteiger partial charge on any atom is 0.191 e. The van der Waals surface area contributed by atoms with Gasteiger partial charge in [-0.2, -0.15) is 5.10 Å². The number of aryl methyl sites for hydroxylation is 1. The Hall–Kier alpha value is -2.04. The normalized spacial score (nSPS) is 16.2. The van der Waals surface area contributed by atoms with Crippen molar-refractivity contribution >= 4 is 29.9 Å². The molecule has 2 aromatic rings. The number of ether oxygens (including phenoxy) is 2. The molecule has 1 aromatic heterocycles. The molecule has 1 aromatic carbocycles. The molecule has 1 unspecified atom stereocenters. The van der Waals surface area contributed by atoms with Gasteiger partial charge in [-0.1, -0.05) is 33.8 Å². The zero-order valence-corrected chi connectivity index (χ0v) is 22.6. The maximum atomic E-state index is 5.47. The van der Waals surface area contributed by atoms with Crippen LogP contribution >= 0.6 is 24.0 Å². The molecular formula is C23H37IN6O2. The van der Waals surface area contributed by atoms with Crippen molar-refractivity contribution in [2.45, 2.75) is 64.5 Å². The molecule has 32 heavy (non-hydrogen) atoms. The summed E-state index contributed by atoms with van der Waals surface area (Å²) < 4.78 is 12.9. The van der Waals surface area contributed by atoms with Crippen molar-refractivity contribution in [3.05, 3.63) is 35.4 Å². The minimum absolute atomic E-state index is 0. The quantitative estimate of drug-likeness (QED) is 0.309. The number of nitrogens with zero attached hydrogens (tertiary/aromatic N) is 4. The largest absolute Gasteiger partial charge is 0.493 e. The lowest BCUT2D eigenvalue weighted by atomic mass is 9.84. The van der Waals surface area contributed by atoms with Gasteiger partial charge in [0.1, 0.15) is 5.82 Å². The first-order chi connectivity index (χ1) is 14.8. The third kappa shape index (κ3) is 6.05. The fourth-order valence-electron chi connectivity index (χ4n) is 3.74. The molecule has 0 radical (unpaired) electrons. The van der Waals surface area contributed by atoms with Gasteiger partial charge in [0, 0.05) is 37.4 Å². The number of aliphatic imine (C=N–C) groups is 1. The van der Waals surface area contributed by atoms with Crippen molar-refractivity contribution in [1.29, 1.82) is 0 Å². The van der Waals surface area contributed by atoms with Gasteiger partial charge >= 0.3 is 0 Å². The van der Waals surface area contributed by atoms with Gasteiger partial charge in [-0.15, -0.1) is 24.0 Å². The van der Waals surface area contributed by atoms with E-state index >= 15 is 0 Å². The van der Waals surface area contributed by atoms with Crippen molar-refractivity contribution in [3.63, 3.8) is 0 Å². The fraction of sp³-hybridized carbons (Fsp3) is 0.609. The summed E-state index contributed by atoms with van der Waals surface area (Å²) in [6.45, 7) is 10.2. The van der Waals surface area contributed by atoms with Gasteiger partial charge in [0.05, 0.1) is 20.8 Å². The highest BCUT2D eigenvalue weighted by molar-refractivity contribution is 14.0. The zero-order chi connectivity index (χ0) is 22.6. The van der Waals surface area contributed by atoms with E-state index in [4.69, 9.17) is 9.47 Å². The van der Waals surface area contributed by atoms with Crippen molar-refractivity contribution in [1.82, 2.24) is 25.4 Å². The van der Waals surface area contributed by atoms with E-state index in [0.29, 0.717) is 5.92 Å². The predicted molar refractivity (Wildman–Crippen MR) is 139 cm³/mol. The SMILES string of the molecule is CN=C(NCC(C)(C)c1ccc(OC)c(OC)c1)NC1CCc2nc(C(C)C)nn2C1.I. The van der Waals surface area contributed by atoms with Crippen molar-refractivity contribution in [3.8, 4) is 11.5 Å². The van der Waals surface area contributed by atoms with E-state index in [-0.39, 0.29) is 35.4 Å². The number of methoxy groups -OCH3 is 2. The van der Waals surface area contributed by atoms with Gasteiger partial charge in [-0.3, -0.25) is 4.99 Å². The Morgan fingerprint density at radius 1 is 1.25 bits per heavy atom. The first-order valence-corrected chi connectivity index (χ1v) is 10.9. The molecule has 0 bridgehead atoms.